The Labute approximate surface area is 244 Å². The third-order valence-corrected chi connectivity index (χ3v) is 8.58. The number of hydrogen-bond acceptors (Lipinski definition) is 4. The number of unbranched alkanes of at least 4 members (excludes halogenated alkanes) is 1. The van der Waals surface area contributed by atoms with Gasteiger partial charge in [-0.25, -0.2) is 6.57 Å². The zero-order chi connectivity index (χ0) is 28.6. The molecule has 1 aliphatic carbocycles. The molecule has 0 bridgehead atoms. The van der Waals surface area contributed by atoms with Crippen LogP contribution in [0.2, 0.25) is 0 Å². The topological polar surface area (TPSA) is 69.2 Å². The van der Waals surface area contributed by atoms with Gasteiger partial charge < -0.3 is 20.1 Å². The zero-order valence-electron chi connectivity index (χ0n) is 24.2. The fraction of sp³-hybridized carbons (Fsp3) is 0.429. The van der Waals surface area contributed by atoms with Crippen LogP contribution in [0.3, 0.4) is 0 Å². The SMILES string of the molecule is [C-]#[N+]CCCCOc1cc(OCc2cccc(-c3ccccc3)c2C)c2c(c1CN1CCCC[C@H]1C(N)=O)CCC2. The van der Waals surface area contributed by atoms with Gasteiger partial charge in [0.25, 0.3) is 0 Å². The maximum atomic E-state index is 12.3. The highest BCUT2D eigenvalue weighted by Gasteiger charge is 2.31. The highest BCUT2D eigenvalue weighted by molar-refractivity contribution is 5.80. The molecule has 6 heteroatoms. The minimum absolute atomic E-state index is 0.233. The first kappa shape index (κ1) is 28.7. The number of amides is 1. The van der Waals surface area contributed by atoms with Crippen LogP contribution < -0.4 is 15.2 Å². The molecule has 1 heterocycles. The molecule has 3 aromatic rings. The average molecular weight is 552 g/mol. The van der Waals surface area contributed by atoms with Gasteiger partial charge in [0.05, 0.1) is 12.6 Å². The number of nitrogens with zero attached hydrogens (tertiary/aromatic N) is 2. The minimum Gasteiger partial charge on any atom is -0.493 e. The van der Waals surface area contributed by atoms with Crippen LogP contribution in [-0.2, 0) is 30.8 Å². The number of rotatable bonds is 12. The summed E-state index contributed by atoms with van der Waals surface area (Å²) in [6, 6.07) is 18.7. The van der Waals surface area contributed by atoms with Gasteiger partial charge in [-0.05, 0) is 85.4 Å². The van der Waals surface area contributed by atoms with Crippen molar-refractivity contribution in [3.63, 3.8) is 0 Å². The summed E-state index contributed by atoms with van der Waals surface area (Å²) >= 11 is 0. The maximum Gasteiger partial charge on any atom is 0.234 e. The highest BCUT2D eigenvalue weighted by Crippen LogP contribution is 2.41. The predicted molar refractivity (Wildman–Crippen MR) is 163 cm³/mol. The number of primary amides is 1. The molecule has 0 saturated carbocycles. The Hall–Kier alpha value is -3.82. The van der Waals surface area contributed by atoms with Crippen molar-refractivity contribution >= 4 is 5.91 Å². The summed E-state index contributed by atoms with van der Waals surface area (Å²) in [4.78, 5) is 18.0. The van der Waals surface area contributed by atoms with Crippen LogP contribution in [0, 0.1) is 13.5 Å². The van der Waals surface area contributed by atoms with Gasteiger partial charge in [0, 0.05) is 24.6 Å². The van der Waals surface area contributed by atoms with Crippen LogP contribution in [0.15, 0.2) is 54.6 Å². The summed E-state index contributed by atoms with van der Waals surface area (Å²) in [5, 5.41) is 0. The number of fused-ring (bicyclic) bond motifs is 1. The lowest BCUT2D eigenvalue weighted by molar-refractivity contribution is -0.124. The highest BCUT2D eigenvalue weighted by atomic mass is 16.5. The minimum atomic E-state index is -0.240. The van der Waals surface area contributed by atoms with E-state index in [0.29, 0.717) is 26.3 Å². The van der Waals surface area contributed by atoms with Gasteiger partial charge in [0.15, 0.2) is 0 Å². The van der Waals surface area contributed by atoms with E-state index in [4.69, 9.17) is 21.8 Å². The van der Waals surface area contributed by atoms with Crippen molar-refractivity contribution in [1.29, 1.82) is 0 Å². The third kappa shape index (κ3) is 6.74. The molecule has 1 atom stereocenters. The fourth-order valence-corrected chi connectivity index (χ4v) is 6.33. The lowest BCUT2D eigenvalue weighted by atomic mass is 9.96. The van der Waals surface area contributed by atoms with Crippen molar-refractivity contribution in [2.45, 2.75) is 77.5 Å². The molecule has 1 aliphatic heterocycles. The van der Waals surface area contributed by atoms with Gasteiger partial charge in [-0.15, -0.1) is 0 Å². The molecule has 2 aliphatic rings. The molecule has 214 valence electrons. The molecule has 0 unspecified atom stereocenters. The van der Waals surface area contributed by atoms with Gasteiger partial charge in [-0.3, -0.25) is 9.69 Å². The van der Waals surface area contributed by atoms with E-state index in [9.17, 15) is 4.79 Å². The Morgan fingerprint density at radius 3 is 2.63 bits per heavy atom. The van der Waals surface area contributed by atoms with Crippen molar-refractivity contribution in [2.24, 2.45) is 5.73 Å². The van der Waals surface area contributed by atoms with Crippen LogP contribution in [0.5, 0.6) is 11.5 Å². The molecule has 0 radical (unpaired) electrons. The number of hydrogen-bond donors (Lipinski definition) is 1. The van der Waals surface area contributed by atoms with E-state index in [1.54, 1.807) is 0 Å². The van der Waals surface area contributed by atoms with Crippen LogP contribution in [0.25, 0.3) is 16.0 Å². The summed E-state index contributed by atoms with van der Waals surface area (Å²) in [6.07, 6.45) is 7.60. The number of ether oxygens (including phenoxy) is 2. The van der Waals surface area contributed by atoms with E-state index in [1.807, 2.05) is 6.07 Å². The lowest BCUT2D eigenvalue weighted by Gasteiger charge is -2.34. The standard InChI is InChI=1S/C35H41N3O3/c1-25-27(14-10-15-28(25)26-12-4-3-5-13-26)24-41-33-22-34(40-21-9-7-19-37-2)31(29-16-11-17-30(29)33)23-38-20-8-6-18-32(38)35(36)39/h3-5,10,12-15,22,32H,6-9,11,16-21,23-24H2,1H3,(H2,36,39)/t32-/m0/s1. The molecule has 0 spiro atoms. The van der Waals surface area contributed by atoms with E-state index in [0.717, 1.165) is 69.4 Å². The number of likely N-dealkylation sites (tertiary alicyclic amines) is 1. The summed E-state index contributed by atoms with van der Waals surface area (Å²) in [5.41, 5.74) is 14.4. The smallest absolute Gasteiger partial charge is 0.234 e. The van der Waals surface area contributed by atoms with E-state index >= 15 is 0 Å². The second-order valence-electron chi connectivity index (χ2n) is 11.2. The first-order valence-corrected chi connectivity index (χ1v) is 15.0. The first-order valence-electron chi connectivity index (χ1n) is 15.0. The summed E-state index contributed by atoms with van der Waals surface area (Å²) in [5.74, 6) is 1.50. The molecule has 1 saturated heterocycles. The van der Waals surface area contributed by atoms with Gasteiger partial charge in [0.1, 0.15) is 18.1 Å². The molecule has 41 heavy (non-hydrogen) atoms. The fourth-order valence-electron chi connectivity index (χ4n) is 6.33. The van der Waals surface area contributed by atoms with Crippen molar-refractivity contribution in [3.8, 4) is 22.6 Å². The van der Waals surface area contributed by atoms with Crippen molar-refractivity contribution in [1.82, 2.24) is 4.90 Å². The number of carbonyl (C=O) groups excluding carboxylic acids is 1. The second kappa shape index (κ2) is 13.7. The second-order valence-corrected chi connectivity index (χ2v) is 11.2. The Morgan fingerprint density at radius 2 is 1.83 bits per heavy atom. The zero-order valence-corrected chi connectivity index (χ0v) is 24.2. The Kier molecular flexibility index (Phi) is 9.59. The Balaban J connectivity index is 1.43. The molecule has 1 fully saturated rings. The molecule has 1 amide bonds. The van der Waals surface area contributed by atoms with Gasteiger partial charge in [-0.2, -0.15) is 0 Å². The van der Waals surface area contributed by atoms with E-state index < -0.39 is 0 Å². The molecule has 2 N–H and O–H groups in total. The van der Waals surface area contributed by atoms with Gasteiger partial charge in [0.2, 0.25) is 12.5 Å². The number of nitrogens with two attached hydrogens (primary N) is 1. The monoisotopic (exact) mass is 551 g/mol. The average Bonchev–Trinajstić information content (AvgIpc) is 3.49. The quantitative estimate of drug-likeness (QED) is 0.202. The van der Waals surface area contributed by atoms with Gasteiger partial charge in [-0.1, -0.05) is 55.0 Å². The lowest BCUT2D eigenvalue weighted by Crippen LogP contribution is -2.47. The van der Waals surface area contributed by atoms with Gasteiger partial charge >= 0.3 is 0 Å². The largest absolute Gasteiger partial charge is 0.493 e. The van der Waals surface area contributed by atoms with Crippen molar-refractivity contribution < 1.29 is 14.3 Å². The molecular formula is C35H41N3O3. The number of carbonyl (C=O) groups is 1. The normalized spacial score (nSPS) is 16.6. The van der Waals surface area contributed by atoms with Crippen LogP contribution in [0.1, 0.15) is 66.3 Å². The van der Waals surface area contributed by atoms with Crippen LogP contribution in [-0.4, -0.2) is 36.5 Å². The number of benzene rings is 3. The molecular weight excluding hydrogens is 510 g/mol. The van der Waals surface area contributed by atoms with Crippen molar-refractivity contribution in [2.75, 3.05) is 19.7 Å². The molecule has 0 aromatic heterocycles. The molecule has 3 aromatic carbocycles. The predicted octanol–water partition coefficient (Wildman–Crippen LogP) is 6.65. The van der Waals surface area contributed by atoms with E-state index in [-0.39, 0.29) is 11.9 Å². The Bertz CT molecular complexity index is 1400. The molecule has 6 nitrogen and oxygen atoms in total. The summed E-state index contributed by atoms with van der Waals surface area (Å²) < 4.78 is 13.0. The Morgan fingerprint density at radius 1 is 1.00 bits per heavy atom. The van der Waals surface area contributed by atoms with E-state index in [1.165, 1.54) is 38.9 Å². The third-order valence-electron chi connectivity index (χ3n) is 8.58. The van der Waals surface area contributed by atoms with Crippen LogP contribution >= 0.6 is 0 Å². The van der Waals surface area contributed by atoms with Crippen LogP contribution in [0.4, 0.5) is 0 Å². The first-order chi connectivity index (χ1) is 20.1. The molecule has 5 rings (SSSR count). The number of piperidine rings is 1. The van der Waals surface area contributed by atoms with E-state index in [2.05, 4.69) is 65.2 Å². The summed E-state index contributed by atoms with van der Waals surface area (Å²) in [6.45, 7) is 12.3. The maximum absolute atomic E-state index is 12.3. The summed E-state index contributed by atoms with van der Waals surface area (Å²) in [7, 11) is 0. The van der Waals surface area contributed by atoms with Crippen molar-refractivity contribution in [3.05, 3.63) is 93.8 Å².